The Morgan fingerprint density at radius 1 is 1.57 bits per heavy atom. The van der Waals surface area contributed by atoms with Crippen molar-refractivity contribution in [2.24, 2.45) is 16.8 Å². The zero-order valence-electron chi connectivity index (χ0n) is 8.69. The molecule has 1 aliphatic carbocycles. The van der Waals surface area contributed by atoms with Gasteiger partial charge in [-0.1, -0.05) is 5.16 Å². The third-order valence-electron chi connectivity index (χ3n) is 2.01. The third-order valence-corrected chi connectivity index (χ3v) is 2.01. The molecule has 1 amide bonds. The monoisotopic (exact) mass is 199 g/mol. The SMILES string of the molecule is CN(C)CCO/N=C(/C(N)=O)C1CC1. The van der Waals surface area contributed by atoms with Crippen molar-refractivity contribution in [2.75, 3.05) is 27.2 Å². The Bertz CT molecular complexity index is 234. The second-order valence-corrected chi connectivity index (χ2v) is 3.75. The Morgan fingerprint density at radius 3 is 2.64 bits per heavy atom. The van der Waals surface area contributed by atoms with Crippen molar-refractivity contribution in [2.45, 2.75) is 12.8 Å². The third kappa shape index (κ3) is 3.74. The molecule has 0 heterocycles. The highest BCUT2D eigenvalue weighted by atomic mass is 16.6. The molecule has 0 unspecified atom stereocenters. The van der Waals surface area contributed by atoms with E-state index in [0.29, 0.717) is 12.3 Å². The normalized spacial score (nSPS) is 17.2. The van der Waals surface area contributed by atoms with E-state index in [1.165, 1.54) is 0 Å². The van der Waals surface area contributed by atoms with E-state index in [4.69, 9.17) is 10.6 Å². The summed E-state index contributed by atoms with van der Waals surface area (Å²) in [5.41, 5.74) is 5.55. The van der Waals surface area contributed by atoms with Crippen molar-refractivity contribution < 1.29 is 9.63 Å². The van der Waals surface area contributed by atoms with E-state index >= 15 is 0 Å². The lowest BCUT2D eigenvalue weighted by molar-refractivity contribution is -0.112. The van der Waals surface area contributed by atoms with Crippen LogP contribution in [0.1, 0.15) is 12.8 Å². The van der Waals surface area contributed by atoms with Crippen LogP contribution in [0.4, 0.5) is 0 Å². The summed E-state index contributed by atoms with van der Waals surface area (Å²) in [7, 11) is 3.89. The van der Waals surface area contributed by atoms with E-state index in [1.807, 2.05) is 19.0 Å². The molecule has 2 N–H and O–H groups in total. The molecule has 1 aliphatic rings. The second kappa shape index (κ2) is 4.95. The Hall–Kier alpha value is -1.10. The van der Waals surface area contributed by atoms with Crippen molar-refractivity contribution >= 4 is 11.6 Å². The Morgan fingerprint density at radius 2 is 2.21 bits per heavy atom. The fraction of sp³-hybridized carbons (Fsp3) is 0.778. The molecule has 1 rings (SSSR count). The molecule has 14 heavy (non-hydrogen) atoms. The van der Waals surface area contributed by atoms with Gasteiger partial charge in [0.2, 0.25) is 0 Å². The lowest BCUT2D eigenvalue weighted by atomic mass is 10.2. The molecule has 1 fully saturated rings. The quantitative estimate of drug-likeness (QED) is 0.366. The van der Waals surface area contributed by atoms with Crippen molar-refractivity contribution in [3.05, 3.63) is 0 Å². The van der Waals surface area contributed by atoms with Crippen molar-refractivity contribution in [3.63, 3.8) is 0 Å². The molecule has 0 aromatic heterocycles. The number of hydrogen-bond acceptors (Lipinski definition) is 4. The number of nitrogens with zero attached hydrogens (tertiary/aromatic N) is 2. The first kappa shape index (κ1) is 11.0. The summed E-state index contributed by atoms with van der Waals surface area (Å²) in [4.78, 5) is 17.9. The minimum atomic E-state index is -0.461. The number of carbonyl (C=O) groups is 1. The minimum absolute atomic E-state index is 0.242. The van der Waals surface area contributed by atoms with Crippen molar-refractivity contribution in [1.29, 1.82) is 0 Å². The van der Waals surface area contributed by atoms with Gasteiger partial charge in [0.05, 0.1) is 0 Å². The number of likely N-dealkylation sites (N-methyl/N-ethyl adjacent to an activating group) is 1. The van der Waals surface area contributed by atoms with Gasteiger partial charge in [-0.25, -0.2) is 0 Å². The van der Waals surface area contributed by atoms with E-state index < -0.39 is 5.91 Å². The Kier molecular flexibility index (Phi) is 3.88. The van der Waals surface area contributed by atoms with Gasteiger partial charge in [-0.15, -0.1) is 0 Å². The number of hydrogen-bond donors (Lipinski definition) is 1. The van der Waals surface area contributed by atoms with Crippen LogP contribution in [0.2, 0.25) is 0 Å². The highest BCUT2D eigenvalue weighted by Crippen LogP contribution is 2.30. The zero-order chi connectivity index (χ0) is 10.6. The van der Waals surface area contributed by atoms with Gasteiger partial charge >= 0.3 is 0 Å². The molecule has 0 spiro atoms. The maximum Gasteiger partial charge on any atom is 0.266 e. The summed E-state index contributed by atoms with van der Waals surface area (Å²) in [6.07, 6.45) is 2.00. The lowest BCUT2D eigenvalue weighted by Crippen LogP contribution is -2.25. The lowest BCUT2D eigenvalue weighted by Gasteiger charge is -2.07. The number of rotatable bonds is 6. The summed E-state index contributed by atoms with van der Waals surface area (Å²) < 4.78 is 0. The summed E-state index contributed by atoms with van der Waals surface area (Å²) in [5, 5.41) is 3.77. The van der Waals surface area contributed by atoms with Gasteiger partial charge in [-0.05, 0) is 26.9 Å². The molecule has 0 saturated heterocycles. The first-order valence-electron chi connectivity index (χ1n) is 4.75. The Labute approximate surface area is 83.9 Å². The van der Waals surface area contributed by atoms with Crippen LogP contribution >= 0.6 is 0 Å². The fourth-order valence-electron chi connectivity index (χ4n) is 1.02. The maximum absolute atomic E-state index is 10.9. The van der Waals surface area contributed by atoms with E-state index in [-0.39, 0.29) is 5.92 Å². The molecule has 0 aliphatic heterocycles. The van der Waals surface area contributed by atoms with Crippen LogP contribution < -0.4 is 5.73 Å². The highest BCUT2D eigenvalue weighted by Gasteiger charge is 2.31. The average molecular weight is 199 g/mol. The van der Waals surface area contributed by atoms with Crippen LogP contribution in [0.5, 0.6) is 0 Å². The topological polar surface area (TPSA) is 67.9 Å². The van der Waals surface area contributed by atoms with Crippen molar-refractivity contribution in [1.82, 2.24) is 4.90 Å². The Balaban J connectivity index is 2.28. The van der Waals surface area contributed by atoms with E-state index in [0.717, 1.165) is 19.4 Å². The molecular weight excluding hydrogens is 182 g/mol. The van der Waals surface area contributed by atoms with E-state index in [2.05, 4.69) is 5.16 Å². The molecule has 0 atom stereocenters. The first-order chi connectivity index (χ1) is 6.61. The van der Waals surface area contributed by atoms with E-state index in [9.17, 15) is 4.79 Å². The second-order valence-electron chi connectivity index (χ2n) is 3.75. The van der Waals surface area contributed by atoms with E-state index in [1.54, 1.807) is 0 Å². The summed E-state index contributed by atoms with van der Waals surface area (Å²) in [6.45, 7) is 1.26. The van der Waals surface area contributed by atoms with Crippen LogP contribution in [-0.4, -0.2) is 43.8 Å². The van der Waals surface area contributed by atoms with Crippen LogP contribution in [0.25, 0.3) is 0 Å². The predicted molar refractivity (Wildman–Crippen MR) is 53.9 cm³/mol. The predicted octanol–water partition coefficient (Wildman–Crippen LogP) is -0.184. The molecule has 0 aromatic carbocycles. The first-order valence-corrected chi connectivity index (χ1v) is 4.75. The maximum atomic E-state index is 10.9. The molecule has 0 aromatic rings. The summed E-state index contributed by atoms with van der Waals surface area (Å²) in [6, 6.07) is 0. The number of carbonyl (C=O) groups excluding carboxylic acids is 1. The summed E-state index contributed by atoms with van der Waals surface area (Å²) >= 11 is 0. The molecular formula is C9H17N3O2. The van der Waals surface area contributed by atoms with Gasteiger partial charge in [0.1, 0.15) is 12.3 Å². The van der Waals surface area contributed by atoms with Gasteiger partial charge in [0.25, 0.3) is 5.91 Å². The van der Waals surface area contributed by atoms with Crippen LogP contribution in [0.3, 0.4) is 0 Å². The number of amides is 1. The average Bonchev–Trinajstić information content (AvgIpc) is 2.86. The molecule has 0 radical (unpaired) electrons. The van der Waals surface area contributed by atoms with Crippen LogP contribution in [0.15, 0.2) is 5.16 Å². The van der Waals surface area contributed by atoms with Crippen LogP contribution in [-0.2, 0) is 9.63 Å². The largest absolute Gasteiger partial charge is 0.394 e. The standard InChI is InChI=1S/C9H17N3O2/c1-12(2)5-6-14-11-8(9(10)13)7-3-4-7/h7H,3-6H2,1-2H3,(H2,10,13)/b11-8+. The summed E-state index contributed by atoms with van der Waals surface area (Å²) in [5.74, 6) is -0.218. The number of nitrogens with two attached hydrogens (primary N) is 1. The molecule has 1 saturated carbocycles. The van der Waals surface area contributed by atoms with Gasteiger partial charge in [0, 0.05) is 12.5 Å². The highest BCUT2D eigenvalue weighted by molar-refractivity contribution is 6.39. The fourth-order valence-corrected chi connectivity index (χ4v) is 1.02. The number of primary amides is 1. The van der Waals surface area contributed by atoms with Crippen LogP contribution in [0, 0.1) is 5.92 Å². The van der Waals surface area contributed by atoms with Crippen molar-refractivity contribution in [3.8, 4) is 0 Å². The van der Waals surface area contributed by atoms with Gasteiger partial charge < -0.3 is 15.5 Å². The van der Waals surface area contributed by atoms with Gasteiger partial charge in [-0.3, -0.25) is 4.79 Å². The van der Waals surface area contributed by atoms with Gasteiger partial charge in [0.15, 0.2) is 0 Å². The minimum Gasteiger partial charge on any atom is -0.394 e. The number of oxime groups is 1. The molecule has 5 nitrogen and oxygen atoms in total. The smallest absolute Gasteiger partial charge is 0.266 e. The molecule has 80 valence electrons. The van der Waals surface area contributed by atoms with Gasteiger partial charge in [-0.2, -0.15) is 0 Å². The zero-order valence-corrected chi connectivity index (χ0v) is 8.69. The molecule has 0 bridgehead atoms. The molecule has 5 heteroatoms.